The summed E-state index contributed by atoms with van der Waals surface area (Å²) in [6.45, 7) is 0. The molecule has 18 heavy (non-hydrogen) atoms. The van der Waals surface area contributed by atoms with Crippen molar-refractivity contribution >= 4 is 27.3 Å². The summed E-state index contributed by atoms with van der Waals surface area (Å²) in [6, 6.07) is 8.89. The molecule has 0 aliphatic rings. The second-order valence-electron chi connectivity index (χ2n) is 3.45. The summed E-state index contributed by atoms with van der Waals surface area (Å²) >= 11 is 5.81. The van der Waals surface area contributed by atoms with Gasteiger partial charge >= 0.3 is 0 Å². The fourth-order valence-corrected chi connectivity index (χ4v) is 2.95. The molecule has 0 aliphatic heterocycles. The van der Waals surface area contributed by atoms with E-state index in [0.29, 0.717) is 0 Å². The van der Waals surface area contributed by atoms with E-state index in [4.69, 9.17) is 11.6 Å². The summed E-state index contributed by atoms with van der Waals surface area (Å²) in [5.41, 5.74) is -0.578. The molecule has 0 spiro atoms. The highest BCUT2D eigenvalue weighted by Gasteiger charge is 2.18. The van der Waals surface area contributed by atoms with Gasteiger partial charge in [0.1, 0.15) is 10.6 Å². The number of anilines is 1. The lowest BCUT2D eigenvalue weighted by Gasteiger charge is -2.08. The molecule has 5 nitrogen and oxygen atoms in total. The number of pyridine rings is 1. The van der Waals surface area contributed by atoms with Crippen LogP contribution in [0.4, 0.5) is 5.69 Å². The molecule has 0 saturated heterocycles. The highest BCUT2D eigenvalue weighted by molar-refractivity contribution is 7.92. The maximum Gasteiger partial charge on any atom is 0.272 e. The third-order valence-electron chi connectivity index (χ3n) is 2.19. The SMILES string of the molecule is O=c1[nH]cccc1NS(=O)(=O)c1ccccc1Cl. The summed E-state index contributed by atoms with van der Waals surface area (Å²) in [5.74, 6) is 0. The van der Waals surface area contributed by atoms with Crippen LogP contribution in [0.15, 0.2) is 52.3 Å². The van der Waals surface area contributed by atoms with Gasteiger partial charge in [0.2, 0.25) is 0 Å². The first-order chi connectivity index (χ1) is 8.50. The van der Waals surface area contributed by atoms with E-state index in [-0.39, 0.29) is 15.6 Å². The molecule has 0 bridgehead atoms. The maximum atomic E-state index is 12.0. The smallest absolute Gasteiger partial charge is 0.272 e. The zero-order valence-electron chi connectivity index (χ0n) is 9.05. The number of sulfonamides is 1. The van der Waals surface area contributed by atoms with Crippen molar-refractivity contribution in [2.24, 2.45) is 0 Å². The molecule has 2 N–H and O–H groups in total. The number of benzene rings is 1. The van der Waals surface area contributed by atoms with Crippen LogP contribution >= 0.6 is 11.6 Å². The second kappa shape index (κ2) is 4.83. The molecule has 7 heteroatoms. The molecule has 0 saturated carbocycles. The highest BCUT2D eigenvalue weighted by atomic mass is 35.5. The van der Waals surface area contributed by atoms with E-state index in [1.165, 1.54) is 30.5 Å². The molecule has 0 unspecified atom stereocenters. The van der Waals surface area contributed by atoms with Crippen LogP contribution in [-0.4, -0.2) is 13.4 Å². The normalized spacial score (nSPS) is 11.2. The fraction of sp³-hybridized carbons (Fsp3) is 0. The van der Waals surface area contributed by atoms with Crippen LogP contribution < -0.4 is 10.3 Å². The first-order valence-corrected chi connectivity index (χ1v) is 6.82. The number of aromatic nitrogens is 1. The van der Waals surface area contributed by atoms with Crippen molar-refractivity contribution in [3.05, 3.63) is 58.0 Å². The molecule has 0 fully saturated rings. The Morgan fingerprint density at radius 1 is 1.11 bits per heavy atom. The van der Waals surface area contributed by atoms with Gasteiger partial charge < -0.3 is 4.98 Å². The van der Waals surface area contributed by atoms with Gasteiger partial charge in [-0.05, 0) is 24.3 Å². The third-order valence-corrected chi connectivity index (χ3v) is 4.05. The van der Waals surface area contributed by atoms with E-state index >= 15 is 0 Å². The minimum atomic E-state index is -3.87. The molecular formula is C11H9ClN2O3S. The molecular weight excluding hydrogens is 276 g/mol. The number of halogens is 1. The van der Waals surface area contributed by atoms with Gasteiger partial charge in [-0.25, -0.2) is 8.42 Å². The molecule has 0 aliphatic carbocycles. The minimum Gasteiger partial charge on any atom is -0.327 e. The van der Waals surface area contributed by atoms with Crippen molar-refractivity contribution in [2.75, 3.05) is 4.72 Å². The van der Waals surface area contributed by atoms with E-state index in [1.54, 1.807) is 12.1 Å². The number of hydrogen-bond acceptors (Lipinski definition) is 3. The first kappa shape index (κ1) is 12.7. The number of aromatic amines is 1. The van der Waals surface area contributed by atoms with Gasteiger partial charge in [-0.3, -0.25) is 9.52 Å². The lowest BCUT2D eigenvalue weighted by molar-refractivity contribution is 0.601. The van der Waals surface area contributed by atoms with Crippen molar-refractivity contribution in [2.45, 2.75) is 4.90 Å². The van der Waals surface area contributed by atoms with E-state index < -0.39 is 15.6 Å². The van der Waals surface area contributed by atoms with Gasteiger partial charge in [0, 0.05) is 6.20 Å². The predicted molar refractivity (Wildman–Crippen MR) is 69.3 cm³/mol. The van der Waals surface area contributed by atoms with Crippen LogP contribution in [0.5, 0.6) is 0 Å². The molecule has 94 valence electrons. The standard InChI is InChI=1S/C11H9ClN2O3S/c12-8-4-1-2-6-10(8)18(16,17)14-9-5-3-7-13-11(9)15/h1-7,14H,(H,13,15). The average molecular weight is 285 g/mol. The molecule has 1 heterocycles. The molecule has 0 radical (unpaired) electrons. The van der Waals surface area contributed by atoms with Crippen LogP contribution in [0.3, 0.4) is 0 Å². The third kappa shape index (κ3) is 2.55. The topological polar surface area (TPSA) is 79.0 Å². The van der Waals surface area contributed by atoms with Crippen molar-refractivity contribution in [1.82, 2.24) is 4.98 Å². The largest absolute Gasteiger partial charge is 0.327 e. The van der Waals surface area contributed by atoms with Crippen molar-refractivity contribution in [1.29, 1.82) is 0 Å². The van der Waals surface area contributed by atoms with Crippen molar-refractivity contribution < 1.29 is 8.42 Å². The quantitative estimate of drug-likeness (QED) is 0.902. The Morgan fingerprint density at radius 2 is 1.83 bits per heavy atom. The van der Waals surface area contributed by atoms with Crippen LogP contribution in [0.1, 0.15) is 0 Å². The summed E-state index contributed by atoms with van der Waals surface area (Å²) in [6.07, 6.45) is 1.41. The van der Waals surface area contributed by atoms with Crippen molar-refractivity contribution in [3.8, 4) is 0 Å². The van der Waals surface area contributed by atoms with Gasteiger partial charge in [0.15, 0.2) is 0 Å². The number of nitrogens with one attached hydrogen (secondary N) is 2. The van der Waals surface area contributed by atoms with Crippen molar-refractivity contribution in [3.63, 3.8) is 0 Å². The maximum absolute atomic E-state index is 12.0. The predicted octanol–water partition coefficient (Wildman–Crippen LogP) is 1.83. The van der Waals surface area contributed by atoms with E-state index in [9.17, 15) is 13.2 Å². The first-order valence-electron chi connectivity index (χ1n) is 4.96. The Labute approximate surface area is 108 Å². The summed E-state index contributed by atoms with van der Waals surface area (Å²) < 4.78 is 26.2. The average Bonchev–Trinajstić information content (AvgIpc) is 2.32. The highest BCUT2D eigenvalue weighted by Crippen LogP contribution is 2.21. The van der Waals surface area contributed by atoms with Gasteiger partial charge in [0.05, 0.1) is 5.02 Å². The monoisotopic (exact) mass is 284 g/mol. The minimum absolute atomic E-state index is 0.0579. The molecule has 1 aromatic heterocycles. The van der Waals surface area contributed by atoms with Crippen LogP contribution in [-0.2, 0) is 10.0 Å². The van der Waals surface area contributed by atoms with Gasteiger partial charge in [-0.15, -0.1) is 0 Å². The van der Waals surface area contributed by atoms with E-state index in [2.05, 4.69) is 9.71 Å². The van der Waals surface area contributed by atoms with Gasteiger partial charge in [0.25, 0.3) is 15.6 Å². The lowest BCUT2D eigenvalue weighted by Crippen LogP contribution is -2.19. The molecule has 2 aromatic rings. The summed E-state index contributed by atoms with van der Waals surface area (Å²) in [4.78, 5) is 13.7. The van der Waals surface area contributed by atoms with Crippen LogP contribution in [0.25, 0.3) is 0 Å². The van der Waals surface area contributed by atoms with E-state index in [1.807, 2.05) is 0 Å². The molecule has 1 aromatic carbocycles. The van der Waals surface area contributed by atoms with Crippen LogP contribution in [0, 0.1) is 0 Å². The number of hydrogen-bond donors (Lipinski definition) is 2. The Bertz CT molecular complexity index is 725. The van der Waals surface area contributed by atoms with Crippen LogP contribution in [0.2, 0.25) is 5.02 Å². The van der Waals surface area contributed by atoms with Gasteiger partial charge in [-0.1, -0.05) is 23.7 Å². The molecule has 0 atom stereocenters. The van der Waals surface area contributed by atoms with E-state index in [0.717, 1.165) is 0 Å². The lowest BCUT2D eigenvalue weighted by atomic mass is 10.4. The molecule has 2 rings (SSSR count). The Morgan fingerprint density at radius 3 is 2.50 bits per heavy atom. The number of rotatable bonds is 3. The Hall–Kier alpha value is -1.79. The zero-order valence-corrected chi connectivity index (χ0v) is 10.6. The zero-order chi connectivity index (χ0) is 13.2. The molecule has 0 amide bonds. The fourth-order valence-electron chi connectivity index (χ4n) is 1.36. The number of H-pyrrole nitrogens is 1. The Balaban J connectivity index is 2.43. The second-order valence-corrected chi connectivity index (χ2v) is 5.51. The van der Waals surface area contributed by atoms with Gasteiger partial charge in [-0.2, -0.15) is 0 Å². The summed E-state index contributed by atoms with van der Waals surface area (Å²) in [7, 11) is -3.87. The summed E-state index contributed by atoms with van der Waals surface area (Å²) in [5, 5.41) is 0.0948. The Kier molecular flexibility index (Phi) is 3.40.